The average molecular weight is 299 g/mol. The average Bonchev–Trinajstić information content (AvgIpc) is 2.16. The molecular weight excluding hydrogens is 279 g/mol. The molecule has 0 amide bonds. The minimum absolute atomic E-state index is 0. The SMILES string of the molecule is CC1=C(C)C(C)C([SiH](C)C)=C1C.[Cl-].[Cl-].[Ti+2]. The van der Waals surface area contributed by atoms with Gasteiger partial charge in [-0.1, -0.05) is 36.4 Å². The number of halogens is 2. The second-order valence-electron chi connectivity index (χ2n) is 4.26. The molecule has 0 saturated heterocycles. The van der Waals surface area contributed by atoms with Gasteiger partial charge >= 0.3 is 21.7 Å². The molecule has 0 heterocycles. The standard InChI is InChI=1S/C11H20Si.2ClH.Ti/c1-7-8(2)10(4)11(9(7)3)12(5)6;;;/h9,12H,1-6H3;2*1H;/q;;;+2/p-2. The van der Waals surface area contributed by atoms with Crippen LogP contribution in [0.5, 0.6) is 0 Å². The molecule has 0 saturated carbocycles. The predicted octanol–water partition coefficient (Wildman–Crippen LogP) is -2.68. The van der Waals surface area contributed by atoms with Gasteiger partial charge in [-0.25, -0.2) is 0 Å². The Morgan fingerprint density at radius 2 is 1.33 bits per heavy atom. The molecule has 0 fully saturated rings. The van der Waals surface area contributed by atoms with E-state index in [1.807, 2.05) is 0 Å². The molecule has 1 unspecified atom stereocenters. The number of allylic oxidation sites excluding steroid dienone is 4. The predicted molar refractivity (Wildman–Crippen MR) is 59.1 cm³/mol. The van der Waals surface area contributed by atoms with Crippen molar-refractivity contribution in [3.8, 4) is 0 Å². The maximum atomic E-state index is 2.43. The summed E-state index contributed by atoms with van der Waals surface area (Å²) >= 11 is 0. The smallest absolute Gasteiger partial charge is 1.00 e. The summed E-state index contributed by atoms with van der Waals surface area (Å²) in [5.74, 6) is 0.747. The van der Waals surface area contributed by atoms with Gasteiger partial charge in [-0.3, -0.25) is 0 Å². The maximum absolute atomic E-state index is 2.43. The Morgan fingerprint density at radius 3 is 1.47 bits per heavy atom. The molecule has 0 aromatic rings. The van der Waals surface area contributed by atoms with E-state index in [1.54, 1.807) is 21.9 Å². The minimum Gasteiger partial charge on any atom is -1.00 e. The van der Waals surface area contributed by atoms with E-state index >= 15 is 0 Å². The molecule has 1 aliphatic carbocycles. The first-order valence-electron chi connectivity index (χ1n) is 4.85. The molecule has 0 aliphatic heterocycles. The number of rotatable bonds is 1. The third kappa shape index (κ3) is 4.05. The Hall–Kier alpha value is 0.991. The molecule has 0 spiro atoms. The maximum Gasteiger partial charge on any atom is 2.00 e. The molecule has 1 rings (SSSR count). The summed E-state index contributed by atoms with van der Waals surface area (Å²) in [5, 5.41) is 1.78. The second kappa shape index (κ2) is 8.14. The van der Waals surface area contributed by atoms with E-state index in [1.165, 1.54) is 0 Å². The first-order valence-corrected chi connectivity index (χ1v) is 7.73. The summed E-state index contributed by atoms with van der Waals surface area (Å²) < 4.78 is 0. The van der Waals surface area contributed by atoms with E-state index in [4.69, 9.17) is 0 Å². The summed E-state index contributed by atoms with van der Waals surface area (Å²) in [5.41, 5.74) is 4.75. The van der Waals surface area contributed by atoms with E-state index in [0.29, 0.717) is 0 Å². The quantitative estimate of drug-likeness (QED) is 0.463. The molecule has 0 bridgehead atoms. The first kappa shape index (κ1) is 21.3. The van der Waals surface area contributed by atoms with Gasteiger partial charge in [0.1, 0.15) is 0 Å². The zero-order chi connectivity index (χ0) is 9.46. The first-order chi connectivity index (χ1) is 5.46. The van der Waals surface area contributed by atoms with Gasteiger partial charge < -0.3 is 24.8 Å². The van der Waals surface area contributed by atoms with Crippen LogP contribution in [0.1, 0.15) is 27.7 Å². The third-order valence-electron chi connectivity index (χ3n) is 3.33. The van der Waals surface area contributed by atoms with E-state index in [-0.39, 0.29) is 46.5 Å². The molecule has 1 aliphatic rings. The Labute approximate surface area is 123 Å². The number of hydrogen-bond acceptors (Lipinski definition) is 0. The molecule has 0 N–H and O–H groups in total. The van der Waals surface area contributed by atoms with Crippen LogP contribution < -0.4 is 24.8 Å². The van der Waals surface area contributed by atoms with Crippen LogP contribution in [0.2, 0.25) is 13.1 Å². The molecule has 1 atom stereocenters. The fourth-order valence-electron chi connectivity index (χ4n) is 2.33. The summed E-state index contributed by atoms with van der Waals surface area (Å²) in [6, 6.07) is 0. The van der Waals surface area contributed by atoms with Gasteiger partial charge in [-0.05, 0) is 32.3 Å². The van der Waals surface area contributed by atoms with Crippen LogP contribution in [-0.4, -0.2) is 8.80 Å². The normalized spacial score (nSPS) is 19.8. The zero-order valence-electron chi connectivity index (χ0n) is 10.4. The van der Waals surface area contributed by atoms with Crippen molar-refractivity contribution in [1.29, 1.82) is 0 Å². The molecule has 4 heteroatoms. The van der Waals surface area contributed by atoms with Crippen LogP contribution in [0.3, 0.4) is 0 Å². The summed E-state index contributed by atoms with van der Waals surface area (Å²) in [4.78, 5) is 0. The van der Waals surface area contributed by atoms with Crippen LogP contribution in [0.25, 0.3) is 0 Å². The van der Waals surface area contributed by atoms with Gasteiger partial charge in [0, 0.05) is 0 Å². The van der Waals surface area contributed by atoms with Crippen LogP contribution >= 0.6 is 0 Å². The van der Waals surface area contributed by atoms with Crippen LogP contribution in [0.4, 0.5) is 0 Å². The van der Waals surface area contributed by atoms with Crippen molar-refractivity contribution in [3.05, 3.63) is 21.9 Å². The van der Waals surface area contributed by atoms with Crippen molar-refractivity contribution < 1.29 is 46.5 Å². The monoisotopic (exact) mass is 298 g/mol. The summed E-state index contributed by atoms with van der Waals surface area (Å²) in [6.07, 6.45) is 0. The van der Waals surface area contributed by atoms with Crippen LogP contribution in [-0.2, 0) is 21.7 Å². The van der Waals surface area contributed by atoms with Crippen molar-refractivity contribution in [2.24, 2.45) is 5.92 Å². The van der Waals surface area contributed by atoms with E-state index in [9.17, 15) is 0 Å². The van der Waals surface area contributed by atoms with Crippen LogP contribution in [0, 0.1) is 5.92 Å². The Morgan fingerprint density at radius 1 is 0.933 bits per heavy atom. The van der Waals surface area contributed by atoms with E-state index in [2.05, 4.69) is 40.8 Å². The van der Waals surface area contributed by atoms with Gasteiger partial charge in [-0.2, -0.15) is 0 Å². The third-order valence-corrected chi connectivity index (χ3v) is 5.50. The Bertz CT molecular complexity index is 270. The van der Waals surface area contributed by atoms with Gasteiger partial charge in [0.2, 0.25) is 0 Å². The fraction of sp³-hybridized carbons (Fsp3) is 0.636. The van der Waals surface area contributed by atoms with Gasteiger partial charge in [0.25, 0.3) is 0 Å². The molecule has 0 radical (unpaired) electrons. The minimum atomic E-state index is -0.578. The Balaban J connectivity index is -0.000000480. The van der Waals surface area contributed by atoms with Crippen molar-refractivity contribution in [2.45, 2.75) is 40.8 Å². The van der Waals surface area contributed by atoms with Crippen molar-refractivity contribution in [2.75, 3.05) is 0 Å². The number of hydrogen-bond donors (Lipinski definition) is 0. The van der Waals surface area contributed by atoms with Crippen LogP contribution in [0.15, 0.2) is 21.9 Å². The molecule has 86 valence electrons. The largest absolute Gasteiger partial charge is 2.00 e. The summed E-state index contributed by atoms with van der Waals surface area (Å²) in [7, 11) is -0.578. The second-order valence-corrected chi connectivity index (χ2v) is 7.20. The summed E-state index contributed by atoms with van der Waals surface area (Å²) in [6.45, 7) is 14.1. The van der Waals surface area contributed by atoms with Gasteiger partial charge in [0.05, 0.1) is 8.80 Å². The van der Waals surface area contributed by atoms with Gasteiger partial charge in [0.15, 0.2) is 0 Å². The topological polar surface area (TPSA) is 0 Å². The Kier molecular flexibility index (Phi) is 11.6. The van der Waals surface area contributed by atoms with Crippen molar-refractivity contribution in [1.82, 2.24) is 0 Å². The van der Waals surface area contributed by atoms with Crippen molar-refractivity contribution >= 4 is 8.80 Å². The molecular formula is C11H20Cl2SiTi. The van der Waals surface area contributed by atoms with Gasteiger partial charge in [-0.15, -0.1) is 0 Å². The van der Waals surface area contributed by atoms with E-state index in [0.717, 1.165) is 5.92 Å². The van der Waals surface area contributed by atoms with Crippen molar-refractivity contribution in [3.63, 3.8) is 0 Å². The molecule has 0 aromatic carbocycles. The zero-order valence-corrected chi connectivity index (χ0v) is 14.6. The molecule has 0 aromatic heterocycles. The molecule has 0 nitrogen and oxygen atoms in total. The van der Waals surface area contributed by atoms with E-state index < -0.39 is 8.80 Å². The molecule has 15 heavy (non-hydrogen) atoms. The fourth-order valence-corrected chi connectivity index (χ4v) is 4.66.